The molecule has 0 spiro atoms. The second-order valence-corrected chi connectivity index (χ2v) is 14.9. The van der Waals surface area contributed by atoms with Gasteiger partial charge in [0.25, 0.3) is 11.8 Å². The van der Waals surface area contributed by atoms with Gasteiger partial charge in [-0.1, -0.05) is 5.16 Å². The molecule has 0 unspecified atom stereocenters. The number of aromatic nitrogens is 1. The van der Waals surface area contributed by atoms with E-state index in [4.69, 9.17) is 20.0 Å². The molecule has 24 heteroatoms. The number of esters is 2. The van der Waals surface area contributed by atoms with Crippen LogP contribution in [0.4, 0.5) is 9.93 Å². The number of ether oxygens (including phenoxy) is 2. The number of nitrogen functional groups attached to an aromatic ring is 1. The standard InChI is InChI=1S/C32H29N9O12S3/c1-12-5-19(51-14(3)42)20(52-15(4)43)7-17(12)30(48)53-37-23(18-11-56-31(33)35-18)26(44)36-24-27(45)40-25(29(46)47)16(10-55-28(24)40)9-54-22-6-13(2)34-21-8-39(32(49)50)38-41(21)22/h5-8,11,24,28,38H,9-10H2,1-4H3,(H2,33,35)(H,36,44)(H,46,47)(H,49,50)/t24-,28-/m1/s1. The van der Waals surface area contributed by atoms with E-state index >= 15 is 0 Å². The summed E-state index contributed by atoms with van der Waals surface area (Å²) in [6.07, 6.45) is 1.71. The van der Waals surface area contributed by atoms with Crippen LogP contribution in [0.5, 0.6) is 11.5 Å². The zero-order chi connectivity index (χ0) is 40.6. The SMILES string of the molecule is CC(=O)Oc1cc(C)c(C(=O)ON=C(C(=O)N[C@@H]2C(=O)N3C(C(=O)O)=C(CSC4=CC(C)=NC5=CN(C(=O)O)NN54)CS[C@H]23)c2csc(N)n2)cc1OC(C)=O. The van der Waals surface area contributed by atoms with E-state index in [1.54, 1.807) is 13.0 Å². The summed E-state index contributed by atoms with van der Waals surface area (Å²) in [6, 6.07) is 1.16. The number of nitrogens with one attached hydrogen (secondary N) is 2. The van der Waals surface area contributed by atoms with Crippen LogP contribution in [-0.4, -0.2) is 106 Å². The largest absolute Gasteiger partial charge is 0.477 e. The summed E-state index contributed by atoms with van der Waals surface area (Å²) in [4.78, 5) is 102. The Labute approximate surface area is 327 Å². The van der Waals surface area contributed by atoms with Gasteiger partial charge in [0, 0.05) is 36.4 Å². The molecule has 56 heavy (non-hydrogen) atoms. The quantitative estimate of drug-likeness (QED) is 0.0538. The van der Waals surface area contributed by atoms with Gasteiger partial charge in [-0.15, -0.1) is 40.4 Å². The lowest BCUT2D eigenvalue weighted by atomic mass is 10.0. The summed E-state index contributed by atoms with van der Waals surface area (Å²) in [6.45, 7) is 5.44. The fraction of sp³-hybridized carbons (Fsp3) is 0.250. The van der Waals surface area contributed by atoms with E-state index in [0.29, 0.717) is 22.1 Å². The minimum Gasteiger partial charge on any atom is -0.477 e. The lowest BCUT2D eigenvalue weighted by molar-refractivity contribution is -0.150. The third-order valence-electron chi connectivity index (χ3n) is 7.88. The van der Waals surface area contributed by atoms with Crippen LogP contribution in [0.2, 0.25) is 0 Å². The first-order valence-electron chi connectivity index (χ1n) is 16.0. The number of fused-ring (bicyclic) bond motifs is 2. The molecule has 4 aliphatic rings. The molecule has 1 aromatic carbocycles. The van der Waals surface area contributed by atoms with Crippen molar-refractivity contribution in [3.05, 3.63) is 68.7 Å². The number of allylic oxidation sites excluding steroid dienone is 1. The molecule has 5 heterocycles. The van der Waals surface area contributed by atoms with E-state index in [9.17, 15) is 43.8 Å². The van der Waals surface area contributed by atoms with Crippen LogP contribution in [-0.2, 0) is 28.8 Å². The number of amides is 3. The topological polar surface area (TPSA) is 285 Å². The molecule has 1 saturated heterocycles. The highest BCUT2D eigenvalue weighted by molar-refractivity contribution is 8.03. The van der Waals surface area contributed by atoms with Gasteiger partial charge >= 0.3 is 30.0 Å². The number of carboxylic acids is 1. The molecule has 0 bridgehead atoms. The summed E-state index contributed by atoms with van der Waals surface area (Å²) in [5.41, 5.74) is 8.61. The van der Waals surface area contributed by atoms with Crippen LogP contribution in [0.15, 0.2) is 62.1 Å². The van der Waals surface area contributed by atoms with Crippen molar-refractivity contribution in [1.29, 1.82) is 0 Å². The van der Waals surface area contributed by atoms with Gasteiger partial charge < -0.3 is 35.6 Å². The number of hydrogen-bond acceptors (Lipinski definition) is 19. The number of anilines is 1. The molecule has 1 fully saturated rings. The summed E-state index contributed by atoms with van der Waals surface area (Å²) in [5, 5.41) is 29.2. The highest BCUT2D eigenvalue weighted by Gasteiger charge is 2.54. The Kier molecular flexibility index (Phi) is 11.2. The highest BCUT2D eigenvalue weighted by atomic mass is 32.2. The number of nitrogens with two attached hydrogens (primary N) is 1. The molecular formula is C32H29N9O12S3. The maximum absolute atomic E-state index is 13.7. The van der Waals surface area contributed by atoms with Gasteiger partial charge in [-0.2, -0.15) is 5.01 Å². The lowest BCUT2D eigenvalue weighted by Gasteiger charge is -2.49. The van der Waals surface area contributed by atoms with Gasteiger partial charge in [0.15, 0.2) is 28.2 Å². The molecule has 0 aliphatic carbocycles. The predicted octanol–water partition coefficient (Wildman–Crippen LogP) is 1.75. The van der Waals surface area contributed by atoms with Crippen LogP contribution in [0.25, 0.3) is 0 Å². The number of thiazole rings is 1. The molecule has 21 nitrogen and oxygen atoms in total. The van der Waals surface area contributed by atoms with Crippen LogP contribution < -0.4 is 26.1 Å². The summed E-state index contributed by atoms with van der Waals surface area (Å²) in [7, 11) is 0. The normalized spacial score (nSPS) is 18.9. The molecule has 6 rings (SSSR count). The Hall–Kier alpha value is -6.24. The summed E-state index contributed by atoms with van der Waals surface area (Å²) in [5.74, 6) is -5.47. The number of nitrogens with zero attached hydrogens (tertiary/aromatic N) is 6. The molecule has 4 aliphatic heterocycles. The molecule has 0 radical (unpaired) electrons. The molecule has 1 aromatic heterocycles. The molecule has 2 atom stereocenters. The molecular weight excluding hydrogens is 799 g/mol. The molecule has 2 aromatic rings. The summed E-state index contributed by atoms with van der Waals surface area (Å²) >= 11 is 3.36. The van der Waals surface area contributed by atoms with Crippen LogP contribution >= 0.6 is 34.9 Å². The van der Waals surface area contributed by atoms with E-state index in [2.05, 4.69) is 26.0 Å². The summed E-state index contributed by atoms with van der Waals surface area (Å²) < 4.78 is 10.2. The number of carbonyl (C=O) groups is 7. The Bertz CT molecular complexity index is 2270. The Morgan fingerprint density at radius 2 is 1.80 bits per heavy atom. The zero-order valence-electron chi connectivity index (χ0n) is 29.4. The van der Waals surface area contributed by atoms with E-state index < -0.39 is 58.9 Å². The first kappa shape index (κ1) is 39.5. The van der Waals surface area contributed by atoms with Crippen molar-refractivity contribution >= 4 is 93.2 Å². The minimum atomic E-state index is -1.36. The first-order valence-corrected chi connectivity index (χ1v) is 18.9. The number of aryl methyl sites for hydroxylation is 1. The number of benzene rings is 1. The second kappa shape index (κ2) is 15.9. The Balaban J connectivity index is 1.18. The monoisotopic (exact) mass is 827 g/mol. The lowest BCUT2D eigenvalue weighted by Crippen LogP contribution is -2.71. The fourth-order valence-corrected chi connectivity index (χ4v) is 8.62. The van der Waals surface area contributed by atoms with E-state index in [1.807, 2.05) is 0 Å². The molecule has 3 amide bonds. The van der Waals surface area contributed by atoms with Gasteiger partial charge in [0.05, 0.1) is 16.8 Å². The van der Waals surface area contributed by atoms with E-state index in [1.165, 1.54) is 53.1 Å². The number of thioether (sulfide) groups is 2. The average Bonchev–Trinajstić information content (AvgIpc) is 3.76. The Morgan fingerprint density at radius 1 is 1.11 bits per heavy atom. The van der Waals surface area contributed by atoms with E-state index in [0.717, 1.165) is 41.2 Å². The van der Waals surface area contributed by atoms with Gasteiger partial charge in [-0.3, -0.25) is 24.1 Å². The molecule has 292 valence electrons. The number of carboxylic acid groups (broad SMARTS) is 2. The van der Waals surface area contributed by atoms with Gasteiger partial charge in [-0.05, 0) is 43.2 Å². The van der Waals surface area contributed by atoms with Crippen molar-refractivity contribution < 1.29 is 58.1 Å². The minimum absolute atomic E-state index is 0.0449. The first-order chi connectivity index (χ1) is 26.5. The predicted molar refractivity (Wildman–Crippen MR) is 199 cm³/mol. The van der Waals surface area contributed by atoms with Crippen LogP contribution in [0.3, 0.4) is 0 Å². The third-order valence-corrected chi connectivity index (χ3v) is 11.0. The Morgan fingerprint density at radius 3 is 2.43 bits per heavy atom. The maximum atomic E-state index is 13.7. The van der Waals surface area contributed by atoms with Crippen molar-refractivity contribution in [1.82, 2.24) is 30.8 Å². The maximum Gasteiger partial charge on any atom is 0.427 e. The highest BCUT2D eigenvalue weighted by Crippen LogP contribution is 2.42. The number of hydrazine groups is 2. The van der Waals surface area contributed by atoms with Crippen molar-refractivity contribution in [3.8, 4) is 11.5 Å². The van der Waals surface area contributed by atoms with Gasteiger partial charge in [-0.25, -0.2) is 29.4 Å². The number of oxime groups is 1. The zero-order valence-corrected chi connectivity index (χ0v) is 31.9. The number of hydrogen-bond donors (Lipinski definition) is 5. The third kappa shape index (κ3) is 8.07. The van der Waals surface area contributed by atoms with Crippen molar-refractivity contribution in [2.24, 2.45) is 10.1 Å². The van der Waals surface area contributed by atoms with Gasteiger partial charge in [0.1, 0.15) is 22.8 Å². The molecule has 0 saturated carbocycles. The number of aliphatic imine (C=N–C) groups is 1. The number of β-lactam (4-membered cyclic amide) rings is 1. The van der Waals surface area contributed by atoms with Gasteiger partial charge in [0.2, 0.25) is 0 Å². The molecule has 6 N–H and O–H groups in total. The van der Waals surface area contributed by atoms with Crippen LogP contribution in [0.1, 0.15) is 42.4 Å². The van der Waals surface area contributed by atoms with Crippen LogP contribution in [0, 0.1) is 6.92 Å². The second-order valence-electron chi connectivity index (χ2n) is 11.9. The van der Waals surface area contributed by atoms with Crippen molar-refractivity contribution in [2.75, 3.05) is 17.2 Å². The average molecular weight is 828 g/mol. The number of aliphatic carboxylic acids is 1. The van der Waals surface area contributed by atoms with Crippen molar-refractivity contribution in [3.63, 3.8) is 0 Å². The number of carbonyl (C=O) groups excluding carboxylic acids is 5. The van der Waals surface area contributed by atoms with Crippen molar-refractivity contribution in [2.45, 2.75) is 39.1 Å². The fourth-order valence-electron chi connectivity index (χ4n) is 5.52. The number of rotatable bonds is 11. The smallest absolute Gasteiger partial charge is 0.427 e. The van der Waals surface area contributed by atoms with E-state index in [-0.39, 0.29) is 50.7 Å².